The summed E-state index contributed by atoms with van der Waals surface area (Å²) in [5, 5.41) is 3.15. The third-order valence-electron chi connectivity index (χ3n) is 1.80. The molecule has 1 heterocycles. The van der Waals surface area contributed by atoms with Crippen molar-refractivity contribution in [3.63, 3.8) is 0 Å². The zero-order chi connectivity index (χ0) is 7.56. The highest BCUT2D eigenvalue weighted by atomic mass is 35.5. The van der Waals surface area contributed by atoms with Crippen molar-refractivity contribution in [3.8, 4) is 0 Å². The molecule has 0 saturated carbocycles. The monoisotopic (exact) mass is 178 g/mol. The second-order valence-corrected chi connectivity index (χ2v) is 2.88. The van der Waals surface area contributed by atoms with Gasteiger partial charge in [-0.25, -0.2) is 0 Å². The summed E-state index contributed by atoms with van der Waals surface area (Å²) in [4.78, 5) is 12.9. The molecule has 0 radical (unpaired) electrons. The van der Waals surface area contributed by atoms with Crippen LogP contribution < -0.4 is 5.32 Å². The lowest BCUT2D eigenvalue weighted by Gasteiger charge is -2.15. The Balaban J connectivity index is 0.000001000. The van der Waals surface area contributed by atoms with Gasteiger partial charge in [-0.15, -0.1) is 12.4 Å². The second-order valence-electron chi connectivity index (χ2n) is 2.88. The zero-order valence-corrected chi connectivity index (χ0v) is 7.78. The molecule has 0 bridgehead atoms. The number of nitrogens with zero attached hydrogens (tertiary/aromatic N) is 1. The fraction of sp³-hybridized carbons (Fsp3) is 0.857. The molecule has 1 rings (SSSR count). The van der Waals surface area contributed by atoms with E-state index in [0.29, 0.717) is 0 Å². The Morgan fingerprint density at radius 1 is 1.55 bits per heavy atom. The third kappa shape index (κ3) is 2.67. The van der Waals surface area contributed by atoms with Gasteiger partial charge < -0.3 is 10.2 Å². The number of nitrogens with one attached hydrogen (secondary N) is 1. The topological polar surface area (TPSA) is 32.3 Å². The minimum atomic E-state index is 0. The van der Waals surface area contributed by atoms with Crippen molar-refractivity contribution in [2.24, 2.45) is 0 Å². The van der Waals surface area contributed by atoms with Gasteiger partial charge in [0.05, 0.1) is 6.04 Å². The number of amides is 1. The van der Waals surface area contributed by atoms with Gasteiger partial charge in [0.2, 0.25) is 5.91 Å². The maximum Gasteiger partial charge on any atom is 0.239 e. The molecular weight excluding hydrogens is 164 g/mol. The van der Waals surface area contributed by atoms with E-state index in [1.54, 1.807) is 19.0 Å². The molecule has 1 fully saturated rings. The Morgan fingerprint density at radius 3 is 2.55 bits per heavy atom. The van der Waals surface area contributed by atoms with Crippen LogP contribution in [0, 0.1) is 0 Å². The smallest absolute Gasteiger partial charge is 0.239 e. The van der Waals surface area contributed by atoms with E-state index in [0.717, 1.165) is 19.4 Å². The van der Waals surface area contributed by atoms with Crippen LogP contribution in [-0.4, -0.2) is 37.5 Å². The molecule has 1 amide bonds. The molecule has 4 heteroatoms. The normalized spacial score (nSPS) is 22.5. The van der Waals surface area contributed by atoms with Crippen molar-refractivity contribution in [3.05, 3.63) is 0 Å². The second kappa shape index (κ2) is 4.57. The molecule has 66 valence electrons. The van der Waals surface area contributed by atoms with Crippen molar-refractivity contribution in [2.45, 2.75) is 18.9 Å². The summed E-state index contributed by atoms with van der Waals surface area (Å²) in [7, 11) is 3.59. The Morgan fingerprint density at radius 2 is 2.18 bits per heavy atom. The van der Waals surface area contributed by atoms with E-state index in [1.165, 1.54) is 0 Å². The van der Waals surface area contributed by atoms with E-state index >= 15 is 0 Å². The van der Waals surface area contributed by atoms with Crippen LogP contribution >= 0.6 is 12.4 Å². The average Bonchev–Trinajstić information content (AvgIpc) is 2.36. The van der Waals surface area contributed by atoms with Crippen LogP contribution in [0.4, 0.5) is 0 Å². The van der Waals surface area contributed by atoms with Crippen LogP contribution in [0.2, 0.25) is 0 Å². The molecule has 0 spiro atoms. The Labute approximate surface area is 73.5 Å². The van der Waals surface area contributed by atoms with Crippen molar-refractivity contribution in [1.29, 1.82) is 0 Å². The predicted molar refractivity (Wildman–Crippen MR) is 47.0 cm³/mol. The minimum Gasteiger partial charge on any atom is -0.347 e. The molecule has 1 aliphatic heterocycles. The minimum absolute atomic E-state index is 0. The fourth-order valence-corrected chi connectivity index (χ4v) is 1.21. The molecule has 0 aromatic rings. The van der Waals surface area contributed by atoms with E-state index in [4.69, 9.17) is 0 Å². The van der Waals surface area contributed by atoms with E-state index in [2.05, 4.69) is 5.32 Å². The van der Waals surface area contributed by atoms with Gasteiger partial charge in [0, 0.05) is 14.1 Å². The van der Waals surface area contributed by atoms with E-state index in [9.17, 15) is 4.79 Å². The maximum atomic E-state index is 11.2. The molecule has 1 N–H and O–H groups in total. The maximum absolute atomic E-state index is 11.2. The van der Waals surface area contributed by atoms with Gasteiger partial charge in [-0.05, 0) is 19.4 Å². The zero-order valence-electron chi connectivity index (χ0n) is 6.96. The standard InChI is InChI=1S/C7H14N2O.ClH/c1-9(2)7(10)6-4-3-5-8-6;/h6,8H,3-5H2,1-2H3;1H/t6-;/m1./s1. The molecule has 11 heavy (non-hydrogen) atoms. The van der Waals surface area contributed by atoms with E-state index in [1.807, 2.05) is 0 Å². The summed E-state index contributed by atoms with van der Waals surface area (Å²) in [6, 6.07) is 0.0926. The number of carbonyl (C=O) groups excluding carboxylic acids is 1. The van der Waals surface area contributed by atoms with Gasteiger partial charge >= 0.3 is 0 Å². The lowest BCUT2D eigenvalue weighted by molar-refractivity contribution is -0.130. The van der Waals surface area contributed by atoms with Crippen LogP contribution in [0.25, 0.3) is 0 Å². The number of rotatable bonds is 1. The van der Waals surface area contributed by atoms with Crippen molar-refractivity contribution >= 4 is 18.3 Å². The van der Waals surface area contributed by atoms with Crippen molar-refractivity contribution in [1.82, 2.24) is 10.2 Å². The SMILES string of the molecule is CN(C)C(=O)[C@H]1CCCN1.Cl. The fourth-order valence-electron chi connectivity index (χ4n) is 1.21. The molecule has 1 aliphatic rings. The lowest BCUT2D eigenvalue weighted by Crippen LogP contribution is -2.39. The van der Waals surface area contributed by atoms with Gasteiger partial charge in [-0.3, -0.25) is 4.79 Å². The van der Waals surface area contributed by atoms with E-state index < -0.39 is 0 Å². The molecule has 1 atom stereocenters. The van der Waals surface area contributed by atoms with Crippen LogP contribution in [0.1, 0.15) is 12.8 Å². The van der Waals surface area contributed by atoms with Crippen LogP contribution in [0.3, 0.4) is 0 Å². The number of carbonyl (C=O) groups is 1. The first-order valence-electron chi connectivity index (χ1n) is 3.66. The highest BCUT2D eigenvalue weighted by molar-refractivity contribution is 5.85. The first-order chi connectivity index (χ1) is 4.72. The van der Waals surface area contributed by atoms with Gasteiger partial charge in [-0.2, -0.15) is 0 Å². The first kappa shape index (κ1) is 10.7. The summed E-state index contributed by atoms with van der Waals surface area (Å²) in [5.74, 6) is 0.206. The van der Waals surface area contributed by atoms with Crippen LogP contribution in [0.5, 0.6) is 0 Å². The molecular formula is C7H15ClN2O. The molecule has 0 unspecified atom stereocenters. The molecule has 0 aliphatic carbocycles. The van der Waals surface area contributed by atoms with Gasteiger partial charge in [0.25, 0.3) is 0 Å². The summed E-state index contributed by atoms with van der Waals surface area (Å²) >= 11 is 0. The first-order valence-corrected chi connectivity index (χ1v) is 3.66. The average molecular weight is 179 g/mol. The lowest BCUT2D eigenvalue weighted by atomic mass is 10.2. The van der Waals surface area contributed by atoms with Gasteiger partial charge in [0.1, 0.15) is 0 Å². The van der Waals surface area contributed by atoms with Crippen molar-refractivity contribution < 1.29 is 4.79 Å². The highest BCUT2D eigenvalue weighted by Gasteiger charge is 2.22. The van der Waals surface area contributed by atoms with Crippen LogP contribution in [-0.2, 0) is 4.79 Å². The molecule has 1 saturated heterocycles. The molecule has 3 nitrogen and oxygen atoms in total. The summed E-state index contributed by atoms with van der Waals surface area (Å²) in [5.41, 5.74) is 0. The highest BCUT2D eigenvalue weighted by Crippen LogP contribution is 2.06. The summed E-state index contributed by atoms with van der Waals surface area (Å²) in [6.45, 7) is 0.990. The van der Waals surface area contributed by atoms with Crippen LogP contribution in [0.15, 0.2) is 0 Å². The molecule has 0 aromatic heterocycles. The summed E-state index contributed by atoms with van der Waals surface area (Å²) < 4.78 is 0. The van der Waals surface area contributed by atoms with Gasteiger partial charge in [-0.1, -0.05) is 0 Å². The van der Waals surface area contributed by atoms with Crippen molar-refractivity contribution in [2.75, 3.05) is 20.6 Å². The third-order valence-corrected chi connectivity index (χ3v) is 1.80. The Kier molecular flexibility index (Phi) is 4.45. The summed E-state index contributed by atoms with van der Waals surface area (Å²) in [6.07, 6.45) is 2.13. The van der Waals surface area contributed by atoms with E-state index in [-0.39, 0.29) is 24.4 Å². The predicted octanol–water partition coefficient (Wildman–Crippen LogP) is 0.248. The number of hydrogen-bond acceptors (Lipinski definition) is 2. The largest absolute Gasteiger partial charge is 0.347 e. The quantitative estimate of drug-likeness (QED) is 0.625. The Bertz CT molecular complexity index is 132. The number of likely N-dealkylation sites (N-methyl/N-ethyl adjacent to an activating group) is 1. The Hall–Kier alpha value is -0.280. The number of halogens is 1. The molecule has 0 aromatic carbocycles. The van der Waals surface area contributed by atoms with Gasteiger partial charge in [0.15, 0.2) is 0 Å². The number of hydrogen-bond donors (Lipinski definition) is 1.